The molecule has 2 rings (SSSR count). The van der Waals surface area contributed by atoms with E-state index in [0.717, 1.165) is 17.5 Å². The molecule has 0 aliphatic heterocycles. The van der Waals surface area contributed by atoms with E-state index in [1.54, 1.807) is 6.20 Å². The average molecular weight is 230 g/mol. The van der Waals surface area contributed by atoms with Gasteiger partial charge in [0.2, 0.25) is 0 Å². The van der Waals surface area contributed by atoms with Crippen LogP contribution < -0.4 is 0 Å². The van der Waals surface area contributed by atoms with Crippen LogP contribution >= 0.6 is 7.92 Å². The van der Waals surface area contributed by atoms with Gasteiger partial charge in [-0.3, -0.25) is 9.97 Å². The van der Waals surface area contributed by atoms with Gasteiger partial charge >= 0.3 is 0 Å². The van der Waals surface area contributed by atoms with E-state index in [4.69, 9.17) is 0 Å². The van der Waals surface area contributed by atoms with Crippen LogP contribution in [0, 0.1) is 0 Å². The normalized spacial score (nSPS) is 10.7. The third-order valence-corrected chi connectivity index (χ3v) is 3.17. The number of aromatic nitrogens is 2. The minimum absolute atomic E-state index is 0.0591. The van der Waals surface area contributed by atoms with E-state index in [0.29, 0.717) is 0 Å². The summed E-state index contributed by atoms with van der Waals surface area (Å²) in [5.74, 6) is 0. The van der Waals surface area contributed by atoms with Crippen LogP contribution in [0.4, 0.5) is 0 Å². The Balaban J connectivity index is 2.29. The van der Waals surface area contributed by atoms with Gasteiger partial charge in [-0.15, -0.1) is 7.92 Å². The van der Waals surface area contributed by atoms with Crippen LogP contribution in [0.2, 0.25) is 0 Å². The molecular formula is C13H15N2P. The maximum absolute atomic E-state index is 4.64. The van der Waals surface area contributed by atoms with Crippen molar-refractivity contribution in [1.82, 2.24) is 9.97 Å². The first-order valence-electron chi connectivity index (χ1n) is 5.28. The summed E-state index contributed by atoms with van der Waals surface area (Å²) in [6.07, 6.45) is 2.88. The number of hydrogen-bond acceptors (Lipinski definition) is 2. The van der Waals surface area contributed by atoms with Crippen LogP contribution in [0.5, 0.6) is 0 Å². The van der Waals surface area contributed by atoms with Gasteiger partial charge in [0.15, 0.2) is 0 Å². The molecule has 2 aromatic heterocycles. The fourth-order valence-electron chi connectivity index (χ4n) is 1.55. The topological polar surface area (TPSA) is 25.8 Å². The fraction of sp³-hybridized carbons (Fsp3) is 0.231. The highest BCUT2D eigenvalue weighted by molar-refractivity contribution is 7.55. The Morgan fingerprint density at radius 1 is 1.00 bits per heavy atom. The molecule has 0 bridgehead atoms. The maximum Gasteiger partial charge on any atom is 0.0889 e. The Kier molecular flexibility index (Phi) is 3.63. The Hall–Kier alpha value is -1.27. The van der Waals surface area contributed by atoms with E-state index in [-0.39, 0.29) is 7.92 Å². The summed E-state index contributed by atoms with van der Waals surface area (Å²) in [5.41, 5.74) is 3.08. The average Bonchev–Trinajstić information content (AvgIpc) is 2.30. The van der Waals surface area contributed by atoms with Crippen molar-refractivity contribution in [2.45, 2.75) is 6.16 Å². The van der Waals surface area contributed by atoms with Crippen LogP contribution in [-0.2, 0) is 6.16 Å². The van der Waals surface area contributed by atoms with Crippen molar-refractivity contribution >= 4 is 7.92 Å². The molecule has 0 atom stereocenters. The Bertz CT molecular complexity index is 454. The molecule has 82 valence electrons. The zero-order chi connectivity index (χ0) is 11.4. The Labute approximate surface area is 97.5 Å². The number of hydrogen-bond donors (Lipinski definition) is 0. The Morgan fingerprint density at radius 2 is 1.81 bits per heavy atom. The Morgan fingerprint density at radius 3 is 2.50 bits per heavy atom. The molecule has 3 heteroatoms. The predicted octanol–water partition coefficient (Wildman–Crippen LogP) is 3.39. The molecule has 0 aliphatic carbocycles. The zero-order valence-electron chi connectivity index (χ0n) is 9.59. The summed E-state index contributed by atoms with van der Waals surface area (Å²) in [5, 5.41) is 0. The lowest BCUT2D eigenvalue weighted by Gasteiger charge is -2.06. The van der Waals surface area contributed by atoms with E-state index in [9.17, 15) is 0 Å². The molecule has 2 heterocycles. The molecule has 0 amide bonds. The second kappa shape index (κ2) is 5.18. The van der Waals surface area contributed by atoms with E-state index in [2.05, 4.69) is 35.4 Å². The molecule has 0 radical (unpaired) electrons. The van der Waals surface area contributed by atoms with Crippen molar-refractivity contribution in [3.8, 4) is 11.4 Å². The number of pyridine rings is 2. The van der Waals surface area contributed by atoms with Gasteiger partial charge in [0.25, 0.3) is 0 Å². The molecule has 0 aliphatic rings. The third kappa shape index (κ3) is 2.86. The fourth-order valence-corrected chi connectivity index (χ4v) is 2.37. The van der Waals surface area contributed by atoms with Crippen molar-refractivity contribution in [1.29, 1.82) is 0 Å². The van der Waals surface area contributed by atoms with Crippen molar-refractivity contribution in [2.75, 3.05) is 13.3 Å². The quantitative estimate of drug-likeness (QED) is 0.755. The van der Waals surface area contributed by atoms with E-state index in [1.807, 2.05) is 24.3 Å². The SMILES string of the molecule is CP(C)Cc1cccc(-c2ccccn2)n1. The first-order valence-corrected chi connectivity index (χ1v) is 7.70. The smallest absolute Gasteiger partial charge is 0.0889 e. The molecule has 0 N–H and O–H groups in total. The summed E-state index contributed by atoms with van der Waals surface area (Å²) in [6, 6.07) is 12.1. The summed E-state index contributed by atoms with van der Waals surface area (Å²) in [4.78, 5) is 8.95. The summed E-state index contributed by atoms with van der Waals surface area (Å²) in [6.45, 7) is 4.54. The zero-order valence-corrected chi connectivity index (χ0v) is 10.5. The van der Waals surface area contributed by atoms with Gasteiger partial charge < -0.3 is 0 Å². The molecule has 0 fully saturated rings. The lowest BCUT2D eigenvalue weighted by Crippen LogP contribution is -1.92. The molecule has 16 heavy (non-hydrogen) atoms. The van der Waals surface area contributed by atoms with Crippen LogP contribution in [-0.4, -0.2) is 23.3 Å². The van der Waals surface area contributed by atoms with Crippen molar-refractivity contribution in [2.24, 2.45) is 0 Å². The van der Waals surface area contributed by atoms with Crippen LogP contribution in [0.15, 0.2) is 42.6 Å². The molecular weight excluding hydrogens is 215 g/mol. The lowest BCUT2D eigenvalue weighted by molar-refractivity contribution is 1.15. The van der Waals surface area contributed by atoms with Gasteiger partial charge in [0.1, 0.15) is 0 Å². The summed E-state index contributed by atoms with van der Waals surface area (Å²) < 4.78 is 0. The third-order valence-electron chi connectivity index (χ3n) is 2.21. The molecule has 0 saturated heterocycles. The van der Waals surface area contributed by atoms with Crippen LogP contribution in [0.1, 0.15) is 5.69 Å². The molecule has 0 spiro atoms. The summed E-state index contributed by atoms with van der Waals surface area (Å²) >= 11 is 0. The summed E-state index contributed by atoms with van der Waals surface area (Å²) in [7, 11) is 0.0591. The van der Waals surface area contributed by atoms with Gasteiger partial charge in [0, 0.05) is 18.1 Å². The van der Waals surface area contributed by atoms with Crippen molar-refractivity contribution in [3.05, 3.63) is 48.3 Å². The molecule has 0 unspecified atom stereocenters. The number of nitrogens with zero attached hydrogens (tertiary/aromatic N) is 2. The van der Waals surface area contributed by atoms with E-state index in [1.165, 1.54) is 5.69 Å². The van der Waals surface area contributed by atoms with E-state index >= 15 is 0 Å². The first-order chi connectivity index (χ1) is 7.75. The second-order valence-electron chi connectivity index (χ2n) is 3.97. The van der Waals surface area contributed by atoms with Gasteiger partial charge in [-0.2, -0.15) is 0 Å². The first kappa shape index (κ1) is 11.2. The van der Waals surface area contributed by atoms with E-state index < -0.39 is 0 Å². The van der Waals surface area contributed by atoms with Gasteiger partial charge in [0.05, 0.1) is 11.4 Å². The molecule has 0 aromatic carbocycles. The lowest BCUT2D eigenvalue weighted by atomic mass is 10.2. The molecule has 0 saturated carbocycles. The monoisotopic (exact) mass is 230 g/mol. The maximum atomic E-state index is 4.64. The highest BCUT2D eigenvalue weighted by Crippen LogP contribution is 2.29. The van der Waals surface area contributed by atoms with Crippen LogP contribution in [0.25, 0.3) is 11.4 Å². The number of rotatable bonds is 3. The highest BCUT2D eigenvalue weighted by Gasteiger charge is 2.02. The predicted molar refractivity (Wildman–Crippen MR) is 69.9 cm³/mol. The van der Waals surface area contributed by atoms with Crippen LogP contribution in [0.3, 0.4) is 0 Å². The minimum atomic E-state index is 0.0591. The molecule has 2 nitrogen and oxygen atoms in total. The largest absolute Gasteiger partial charge is 0.255 e. The van der Waals surface area contributed by atoms with Gasteiger partial charge in [-0.05, 0) is 37.6 Å². The standard InChI is InChI=1S/C13H15N2P/c1-16(2)10-11-6-5-8-13(15-11)12-7-3-4-9-14-12/h3-9H,10H2,1-2H3. The van der Waals surface area contributed by atoms with Gasteiger partial charge in [-0.25, -0.2) is 0 Å². The van der Waals surface area contributed by atoms with Gasteiger partial charge in [-0.1, -0.05) is 12.1 Å². The second-order valence-corrected chi connectivity index (χ2v) is 6.44. The highest BCUT2D eigenvalue weighted by atomic mass is 31.1. The van der Waals surface area contributed by atoms with Crippen molar-refractivity contribution in [3.63, 3.8) is 0 Å². The minimum Gasteiger partial charge on any atom is -0.255 e. The molecule has 2 aromatic rings. The van der Waals surface area contributed by atoms with Crippen molar-refractivity contribution < 1.29 is 0 Å².